The molecule has 0 unspecified atom stereocenters. The quantitative estimate of drug-likeness (QED) is 0.617. The molecule has 33 heavy (non-hydrogen) atoms. The molecule has 2 amide bonds. The molecule has 8 nitrogen and oxygen atoms in total. The first-order valence-corrected chi connectivity index (χ1v) is 10.1. The lowest BCUT2D eigenvalue weighted by atomic mass is 10.2. The number of nitrogens with zero attached hydrogens (tertiary/aromatic N) is 3. The first-order valence-electron chi connectivity index (χ1n) is 10.1. The van der Waals surface area contributed by atoms with Crippen molar-refractivity contribution < 1.29 is 32.6 Å². The number of rotatable bonds is 4. The van der Waals surface area contributed by atoms with Crippen molar-refractivity contribution in [3.05, 3.63) is 59.9 Å². The number of piperidine rings is 1. The van der Waals surface area contributed by atoms with Gasteiger partial charge in [0.1, 0.15) is 11.4 Å². The van der Waals surface area contributed by atoms with Crippen LogP contribution in [0.3, 0.4) is 0 Å². The van der Waals surface area contributed by atoms with Crippen molar-refractivity contribution in [2.75, 3.05) is 13.1 Å². The van der Waals surface area contributed by atoms with Gasteiger partial charge < -0.3 is 20.1 Å². The summed E-state index contributed by atoms with van der Waals surface area (Å²) in [6, 6.07) is 10.2. The van der Waals surface area contributed by atoms with E-state index in [0.29, 0.717) is 35.9 Å². The Kier molecular flexibility index (Phi) is 4.84. The van der Waals surface area contributed by atoms with Crippen LogP contribution in [0.25, 0.3) is 10.9 Å². The molecule has 3 heterocycles. The smallest absolute Gasteiger partial charge is 0.417 e. The van der Waals surface area contributed by atoms with Gasteiger partial charge in [-0.3, -0.25) is 4.79 Å². The van der Waals surface area contributed by atoms with Crippen LogP contribution in [0.2, 0.25) is 0 Å². The van der Waals surface area contributed by atoms with Gasteiger partial charge in [0.15, 0.2) is 0 Å². The Balaban J connectivity index is 1.26. The number of hydrogen-bond donors (Lipinski definition) is 2. The van der Waals surface area contributed by atoms with Crippen LogP contribution in [0.15, 0.2) is 48.7 Å². The second-order valence-electron chi connectivity index (χ2n) is 8.05. The third kappa shape index (κ3) is 4.13. The van der Waals surface area contributed by atoms with Gasteiger partial charge in [-0.15, -0.1) is 0 Å². The molecule has 0 radical (unpaired) electrons. The molecule has 2 fully saturated rings. The first-order chi connectivity index (χ1) is 15.7. The summed E-state index contributed by atoms with van der Waals surface area (Å²) >= 11 is 0. The number of carbonyl (C=O) groups excluding carboxylic acids is 1. The van der Waals surface area contributed by atoms with Gasteiger partial charge in [0.2, 0.25) is 5.88 Å². The lowest BCUT2D eigenvalue weighted by molar-refractivity contribution is -0.137. The van der Waals surface area contributed by atoms with Crippen LogP contribution in [0.1, 0.15) is 16.1 Å². The molecule has 1 aliphatic carbocycles. The van der Waals surface area contributed by atoms with Crippen molar-refractivity contribution in [1.29, 1.82) is 0 Å². The molecule has 1 aromatic carbocycles. The number of carboxylic acid groups (broad SMARTS) is 1. The molecular formula is C22H17F3N4O4. The Morgan fingerprint density at radius 3 is 2.48 bits per heavy atom. The van der Waals surface area contributed by atoms with E-state index in [1.54, 1.807) is 35.2 Å². The fraction of sp³-hybridized carbons (Fsp3) is 0.273. The highest BCUT2D eigenvalue weighted by Crippen LogP contribution is 2.45. The predicted molar refractivity (Wildman–Crippen MR) is 109 cm³/mol. The fourth-order valence-corrected chi connectivity index (χ4v) is 4.23. The Hall–Kier alpha value is -3.89. The van der Waals surface area contributed by atoms with Crippen LogP contribution < -0.4 is 10.1 Å². The number of fused-ring (bicyclic) bond motifs is 2. The zero-order chi connectivity index (χ0) is 23.3. The Labute approximate surface area is 185 Å². The lowest BCUT2D eigenvalue weighted by Gasteiger charge is -2.19. The molecule has 2 N–H and O–H groups in total. The molecular weight excluding hydrogens is 441 g/mol. The maximum absolute atomic E-state index is 12.8. The molecule has 0 bridgehead atoms. The number of amides is 2. The summed E-state index contributed by atoms with van der Waals surface area (Å²) < 4.78 is 43.5. The topological polar surface area (TPSA) is 105 Å². The summed E-state index contributed by atoms with van der Waals surface area (Å²) in [4.78, 5) is 33.4. The van der Waals surface area contributed by atoms with E-state index in [1.165, 1.54) is 0 Å². The number of aromatic nitrogens is 2. The van der Waals surface area contributed by atoms with Gasteiger partial charge in [-0.05, 0) is 30.3 Å². The van der Waals surface area contributed by atoms with Crippen molar-refractivity contribution in [3.8, 4) is 11.6 Å². The number of carbonyl (C=O) groups is 2. The van der Waals surface area contributed by atoms with Gasteiger partial charge in [-0.2, -0.15) is 13.2 Å². The van der Waals surface area contributed by atoms with Crippen molar-refractivity contribution in [2.24, 2.45) is 11.8 Å². The van der Waals surface area contributed by atoms with E-state index in [-0.39, 0.29) is 35.4 Å². The maximum atomic E-state index is 12.8. The van der Waals surface area contributed by atoms with E-state index < -0.39 is 17.8 Å². The molecule has 0 spiro atoms. The highest BCUT2D eigenvalue weighted by Gasteiger charge is 2.57. The fourth-order valence-electron chi connectivity index (χ4n) is 4.23. The van der Waals surface area contributed by atoms with E-state index in [4.69, 9.17) is 9.84 Å². The number of halogens is 3. The number of hydrogen-bond acceptors (Lipinski definition) is 5. The third-order valence-corrected chi connectivity index (χ3v) is 5.94. The molecule has 1 aliphatic heterocycles. The second-order valence-corrected chi connectivity index (χ2v) is 8.05. The van der Waals surface area contributed by atoms with Crippen molar-refractivity contribution in [3.63, 3.8) is 0 Å². The van der Waals surface area contributed by atoms with E-state index >= 15 is 0 Å². The molecule has 11 heteroatoms. The van der Waals surface area contributed by atoms with Crippen LogP contribution in [-0.4, -0.2) is 51.1 Å². The Morgan fingerprint density at radius 1 is 1.09 bits per heavy atom. The molecule has 2 aliphatic rings. The van der Waals surface area contributed by atoms with Crippen molar-refractivity contribution >= 4 is 22.9 Å². The molecule has 5 rings (SSSR count). The number of alkyl halides is 3. The first kappa shape index (κ1) is 21.0. The van der Waals surface area contributed by atoms with Crippen LogP contribution in [0.4, 0.5) is 18.0 Å². The maximum Gasteiger partial charge on any atom is 0.417 e. The standard InChI is InChI=1S/C22H17F3N4O4/c23-22(24,25)12-2-6-18(26-8-12)33-13-3-5-16-11(7-13)1-4-17(27-16)20(30)29-9-14-15(10-29)19(14)28-21(31)32/h1-8,14-15,19,28H,9-10H2,(H,31,32)/t14-,15+,19+. The lowest BCUT2D eigenvalue weighted by Crippen LogP contribution is -2.37. The largest absolute Gasteiger partial charge is 0.465 e. The molecule has 1 saturated heterocycles. The summed E-state index contributed by atoms with van der Waals surface area (Å²) in [5.41, 5.74) is -0.0216. The summed E-state index contributed by atoms with van der Waals surface area (Å²) in [6.45, 7) is 0.974. The van der Waals surface area contributed by atoms with Crippen LogP contribution in [-0.2, 0) is 6.18 Å². The van der Waals surface area contributed by atoms with E-state index in [9.17, 15) is 22.8 Å². The normalized spacial score (nSPS) is 21.5. The molecule has 3 atom stereocenters. The highest BCUT2D eigenvalue weighted by atomic mass is 19.4. The van der Waals surface area contributed by atoms with Crippen LogP contribution >= 0.6 is 0 Å². The van der Waals surface area contributed by atoms with E-state index in [1.807, 2.05) is 0 Å². The Morgan fingerprint density at radius 2 is 1.85 bits per heavy atom. The van der Waals surface area contributed by atoms with Crippen LogP contribution in [0.5, 0.6) is 11.6 Å². The summed E-state index contributed by atoms with van der Waals surface area (Å²) in [5, 5.41) is 12.0. The zero-order valence-electron chi connectivity index (χ0n) is 16.9. The SMILES string of the molecule is O=C(O)N[C@H]1[C@@H]2CN(C(=O)c3ccc4cc(Oc5ccc(C(F)(F)F)cn5)ccc4n3)C[C@@H]21. The number of likely N-dealkylation sites (tertiary alicyclic amines) is 1. The van der Waals surface area contributed by atoms with Gasteiger partial charge in [-0.25, -0.2) is 14.8 Å². The number of benzene rings is 1. The molecule has 1 saturated carbocycles. The minimum atomic E-state index is -4.47. The average molecular weight is 458 g/mol. The number of nitrogens with one attached hydrogen (secondary N) is 1. The summed E-state index contributed by atoms with van der Waals surface area (Å²) in [5.74, 6) is 0.457. The van der Waals surface area contributed by atoms with Gasteiger partial charge in [-0.1, -0.05) is 6.07 Å². The van der Waals surface area contributed by atoms with E-state index in [0.717, 1.165) is 12.1 Å². The Bertz CT molecular complexity index is 1240. The van der Waals surface area contributed by atoms with Crippen LogP contribution in [0, 0.1) is 11.8 Å². The van der Waals surface area contributed by atoms with Crippen molar-refractivity contribution in [1.82, 2.24) is 20.2 Å². The summed E-state index contributed by atoms with van der Waals surface area (Å²) in [6.07, 6.45) is -4.82. The van der Waals surface area contributed by atoms with E-state index in [2.05, 4.69) is 15.3 Å². The minimum Gasteiger partial charge on any atom is -0.465 e. The van der Waals surface area contributed by atoms with Gasteiger partial charge in [0.25, 0.3) is 5.91 Å². The highest BCUT2D eigenvalue weighted by molar-refractivity contribution is 5.95. The van der Waals surface area contributed by atoms with Crippen molar-refractivity contribution in [2.45, 2.75) is 12.2 Å². The predicted octanol–water partition coefficient (Wildman–Crippen LogP) is 3.78. The minimum absolute atomic E-state index is 0.0189. The number of ether oxygens (including phenoxy) is 1. The summed E-state index contributed by atoms with van der Waals surface area (Å²) in [7, 11) is 0. The second kappa shape index (κ2) is 7.61. The third-order valence-electron chi connectivity index (χ3n) is 5.94. The van der Waals surface area contributed by atoms with Gasteiger partial charge in [0.05, 0.1) is 11.1 Å². The number of pyridine rings is 2. The monoisotopic (exact) mass is 458 g/mol. The van der Waals surface area contributed by atoms with Gasteiger partial charge >= 0.3 is 12.3 Å². The molecule has 170 valence electrons. The zero-order valence-corrected chi connectivity index (χ0v) is 16.9. The van der Waals surface area contributed by atoms with Gasteiger partial charge in [0, 0.05) is 48.6 Å². The molecule has 2 aromatic heterocycles. The molecule has 3 aromatic rings. The average Bonchev–Trinajstić information content (AvgIpc) is 3.19.